The van der Waals surface area contributed by atoms with E-state index in [0.717, 1.165) is 5.56 Å². The van der Waals surface area contributed by atoms with Gasteiger partial charge in [-0.2, -0.15) is 26.3 Å². The molecule has 0 saturated heterocycles. The van der Waals surface area contributed by atoms with Crippen LogP contribution in [0.2, 0.25) is 0 Å². The van der Waals surface area contributed by atoms with E-state index in [0.29, 0.717) is 12.1 Å². The molecule has 0 saturated carbocycles. The minimum atomic E-state index is -5.00. The minimum absolute atomic E-state index is 0.00394. The molecule has 10 heteroatoms. The largest absolute Gasteiger partial charge is 0.416 e. The summed E-state index contributed by atoms with van der Waals surface area (Å²) in [6, 6.07) is 8.03. The number of likely N-dealkylation sites (N-methyl/N-ethyl adjacent to an activating group) is 1. The predicted octanol–water partition coefficient (Wildman–Crippen LogP) is 5.54. The second-order valence-corrected chi connectivity index (χ2v) is 6.99. The highest BCUT2D eigenvalue weighted by Gasteiger charge is 2.37. The zero-order chi connectivity index (χ0) is 22.7. The molecule has 164 valence electrons. The fourth-order valence-corrected chi connectivity index (χ4v) is 2.78. The summed E-state index contributed by atoms with van der Waals surface area (Å²) >= 11 is 0. The van der Waals surface area contributed by atoms with Crippen LogP contribution < -0.4 is 10.6 Å². The first-order chi connectivity index (χ1) is 13.8. The Kier molecular flexibility index (Phi) is 7.02. The number of hydrogen-bond acceptors (Lipinski definition) is 2. The SMILES string of the molecule is C[C@@H]([C@@H](NC(=O)Nc1cc(C(F)(F)F)cc(C(F)(F)F)c1)c1ccccc1)N(C)C. The molecule has 4 nitrogen and oxygen atoms in total. The molecule has 0 aliphatic heterocycles. The molecule has 0 radical (unpaired) electrons. The molecule has 2 rings (SSSR count). The van der Waals surface area contributed by atoms with E-state index in [1.807, 2.05) is 11.8 Å². The lowest BCUT2D eigenvalue weighted by atomic mass is 10.00. The van der Waals surface area contributed by atoms with Crippen molar-refractivity contribution in [2.24, 2.45) is 0 Å². The summed E-state index contributed by atoms with van der Waals surface area (Å²) in [5.74, 6) is 0. The maximum atomic E-state index is 13.0. The molecule has 0 unspecified atom stereocenters. The van der Waals surface area contributed by atoms with Crippen LogP contribution in [0.4, 0.5) is 36.8 Å². The Morgan fingerprint density at radius 1 is 0.900 bits per heavy atom. The highest BCUT2D eigenvalue weighted by Crippen LogP contribution is 2.37. The first kappa shape index (κ1) is 23.5. The smallest absolute Gasteiger partial charge is 0.329 e. The minimum Gasteiger partial charge on any atom is -0.329 e. The monoisotopic (exact) mass is 433 g/mol. The Bertz CT molecular complexity index is 833. The van der Waals surface area contributed by atoms with Crippen molar-refractivity contribution in [3.63, 3.8) is 0 Å². The standard InChI is InChI=1S/C20H21F6N3O/c1-12(29(2)3)17(13-7-5-4-6-8-13)28-18(30)27-16-10-14(19(21,22)23)9-15(11-16)20(24,25)26/h4-12,17H,1-3H3,(H2,27,28,30)/t12-,17+/m0/s1. The van der Waals surface area contributed by atoms with Gasteiger partial charge in [-0.3, -0.25) is 0 Å². The molecule has 0 bridgehead atoms. The van der Waals surface area contributed by atoms with Crippen LogP contribution in [0.3, 0.4) is 0 Å². The van der Waals surface area contributed by atoms with Crippen LogP contribution in [0.5, 0.6) is 0 Å². The molecular formula is C20H21F6N3O. The summed E-state index contributed by atoms with van der Waals surface area (Å²) in [6.07, 6.45) is -10.00. The number of nitrogens with one attached hydrogen (secondary N) is 2. The van der Waals surface area contributed by atoms with Gasteiger partial charge in [-0.1, -0.05) is 30.3 Å². The predicted molar refractivity (Wildman–Crippen MR) is 101 cm³/mol. The van der Waals surface area contributed by atoms with Gasteiger partial charge in [0, 0.05) is 11.7 Å². The average Bonchev–Trinajstić information content (AvgIpc) is 2.64. The van der Waals surface area contributed by atoms with E-state index in [1.165, 1.54) is 0 Å². The van der Waals surface area contributed by atoms with E-state index in [4.69, 9.17) is 0 Å². The number of anilines is 1. The molecule has 0 spiro atoms. The van der Waals surface area contributed by atoms with Gasteiger partial charge in [0.1, 0.15) is 0 Å². The van der Waals surface area contributed by atoms with E-state index in [1.54, 1.807) is 44.4 Å². The fourth-order valence-electron chi connectivity index (χ4n) is 2.78. The quantitative estimate of drug-likeness (QED) is 0.609. The Balaban J connectivity index is 2.31. The lowest BCUT2D eigenvalue weighted by Crippen LogP contribution is -2.43. The number of nitrogens with zero attached hydrogens (tertiary/aromatic N) is 1. The number of alkyl halides is 6. The van der Waals surface area contributed by atoms with Crippen molar-refractivity contribution in [1.29, 1.82) is 0 Å². The summed E-state index contributed by atoms with van der Waals surface area (Å²) in [4.78, 5) is 14.3. The van der Waals surface area contributed by atoms with E-state index in [2.05, 4.69) is 10.6 Å². The Hall–Kier alpha value is -2.75. The molecule has 2 amide bonds. The van der Waals surface area contributed by atoms with Gasteiger partial charge in [0.25, 0.3) is 0 Å². The van der Waals surface area contributed by atoms with Crippen LogP contribution in [0, 0.1) is 0 Å². The zero-order valence-electron chi connectivity index (χ0n) is 16.4. The van der Waals surface area contributed by atoms with E-state index < -0.39 is 41.2 Å². The summed E-state index contributed by atoms with van der Waals surface area (Å²) < 4.78 is 78.0. The maximum Gasteiger partial charge on any atom is 0.416 e. The third-order valence-electron chi connectivity index (χ3n) is 4.59. The number of amides is 2. The van der Waals surface area contributed by atoms with Gasteiger partial charge in [-0.25, -0.2) is 4.79 Å². The van der Waals surface area contributed by atoms with Gasteiger partial charge in [-0.15, -0.1) is 0 Å². The zero-order valence-corrected chi connectivity index (χ0v) is 16.4. The van der Waals surface area contributed by atoms with Gasteiger partial charge >= 0.3 is 18.4 Å². The number of benzene rings is 2. The van der Waals surface area contributed by atoms with Crippen molar-refractivity contribution < 1.29 is 31.1 Å². The molecule has 2 aromatic rings. The van der Waals surface area contributed by atoms with Crippen molar-refractivity contribution in [1.82, 2.24) is 10.2 Å². The normalized spacial score (nSPS) is 14.3. The van der Waals surface area contributed by atoms with Gasteiger partial charge in [0.05, 0.1) is 17.2 Å². The number of urea groups is 1. The molecule has 0 aromatic heterocycles. The lowest BCUT2D eigenvalue weighted by Gasteiger charge is -2.30. The molecule has 2 N–H and O–H groups in total. The maximum absolute atomic E-state index is 13.0. The number of carbonyl (C=O) groups excluding carboxylic acids is 1. The Morgan fingerprint density at radius 3 is 1.83 bits per heavy atom. The number of hydrogen-bond donors (Lipinski definition) is 2. The van der Waals surface area contributed by atoms with Crippen molar-refractivity contribution in [2.75, 3.05) is 19.4 Å². The lowest BCUT2D eigenvalue weighted by molar-refractivity contribution is -0.143. The first-order valence-electron chi connectivity index (χ1n) is 8.87. The topological polar surface area (TPSA) is 44.4 Å². The van der Waals surface area contributed by atoms with Crippen LogP contribution in [0.25, 0.3) is 0 Å². The highest BCUT2D eigenvalue weighted by atomic mass is 19.4. The molecule has 30 heavy (non-hydrogen) atoms. The first-order valence-corrected chi connectivity index (χ1v) is 8.87. The molecule has 2 atom stereocenters. The highest BCUT2D eigenvalue weighted by molar-refractivity contribution is 5.89. The average molecular weight is 433 g/mol. The molecule has 0 heterocycles. The molecule has 2 aromatic carbocycles. The van der Waals surface area contributed by atoms with Crippen LogP contribution in [-0.2, 0) is 12.4 Å². The van der Waals surface area contributed by atoms with Gasteiger partial charge in [0.15, 0.2) is 0 Å². The third kappa shape index (κ3) is 6.12. The molecule has 0 aliphatic carbocycles. The van der Waals surface area contributed by atoms with Crippen LogP contribution in [0.15, 0.2) is 48.5 Å². The molecule has 0 aliphatic rings. The van der Waals surface area contributed by atoms with E-state index in [-0.39, 0.29) is 12.1 Å². The Morgan fingerprint density at radius 2 is 1.40 bits per heavy atom. The second-order valence-electron chi connectivity index (χ2n) is 6.99. The second kappa shape index (κ2) is 8.95. The summed E-state index contributed by atoms with van der Waals surface area (Å²) in [7, 11) is 3.56. The molecular weight excluding hydrogens is 412 g/mol. The van der Waals surface area contributed by atoms with Gasteiger partial charge in [0.2, 0.25) is 0 Å². The van der Waals surface area contributed by atoms with Gasteiger partial charge < -0.3 is 15.5 Å². The number of halogens is 6. The van der Waals surface area contributed by atoms with E-state index >= 15 is 0 Å². The third-order valence-corrected chi connectivity index (χ3v) is 4.59. The summed E-state index contributed by atoms with van der Waals surface area (Å²) in [5, 5.41) is 4.72. The summed E-state index contributed by atoms with van der Waals surface area (Å²) in [5.41, 5.74) is -2.89. The van der Waals surface area contributed by atoms with Crippen molar-refractivity contribution in [3.8, 4) is 0 Å². The van der Waals surface area contributed by atoms with Crippen molar-refractivity contribution >= 4 is 11.7 Å². The fraction of sp³-hybridized carbons (Fsp3) is 0.350. The number of rotatable bonds is 5. The van der Waals surface area contributed by atoms with Gasteiger partial charge in [-0.05, 0) is 44.8 Å². The van der Waals surface area contributed by atoms with Crippen molar-refractivity contribution in [3.05, 3.63) is 65.2 Å². The molecule has 0 fully saturated rings. The van der Waals surface area contributed by atoms with Crippen molar-refractivity contribution in [2.45, 2.75) is 31.4 Å². The van der Waals surface area contributed by atoms with E-state index in [9.17, 15) is 31.1 Å². The Labute approximate surface area is 169 Å². The number of carbonyl (C=O) groups is 1. The summed E-state index contributed by atoms with van der Waals surface area (Å²) in [6.45, 7) is 1.82. The van der Waals surface area contributed by atoms with Crippen LogP contribution in [0.1, 0.15) is 29.7 Å². The van der Waals surface area contributed by atoms with Crippen LogP contribution >= 0.6 is 0 Å². The van der Waals surface area contributed by atoms with Crippen LogP contribution in [-0.4, -0.2) is 31.1 Å².